The first-order valence-corrected chi connectivity index (χ1v) is 7.81. The minimum absolute atomic E-state index is 0.283. The molecule has 1 saturated heterocycles. The van der Waals surface area contributed by atoms with E-state index in [1.165, 1.54) is 0 Å². The minimum Gasteiger partial charge on any atom is -0.373 e. The number of nitrogens with zero attached hydrogens (tertiary/aromatic N) is 3. The monoisotopic (exact) mass is 338 g/mol. The van der Waals surface area contributed by atoms with Crippen LogP contribution >= 0.6 is 15.9 Å². The Bertz CT molecular complexity index is 600. The fourth-order valence-electron chi connectivity index (χ4n) is 2.71. The molecule has 2 unspecified atom stereocenters. The van der Waals surface area contributed by atoms with Gasteiger partial charge in [-0.25, -0.2) is 9.97 Å². The summed E-state index contributed by atoms with van der Waals surface area (Å²) in [4.78, 5) is 14.6. The molecular formula is C14H19BrN4O. The number of morpholine rings is 1. The van der Waals surface area contributed by atoms with Crippen LogP contribution in [0.4, 0.5) is 0 Å². The maximum Gasteiger partial charge on any atom is 0.177 e. The first-order valence-electron chi connectivity index (χ1n) is 7.02. The number of imidazole rings is 1. The van der Waals surface area contributed by atoms with Crippen LogP contribution in [0.15, 0.2) is 16.7 Å². The molecule has 0 aliphatic carbocycles. The van der Waals surface area contributed by atoms with Crippen molar-refractivity contribution in [1.82, 2.24) is 19.9 Å². The summed E-state index contributed by atoms with van der Waals surface area (Å²) in [6.45, 7) is 7.04. The highest BCUT2D eigenvalue weighted by Gasteiger charge is 2.24. The number of rotatable bonds is 3. The lowest BCUT2D eigenvalue weighted by Crippen LogP contribution is -2.45. The third-order valence-corrected chi connectivity index (χ3v) is 4.02. The summed E-state index contributed by atoms with van der Waals surface area (Å²) < 4.78 is 6.85. The zero-order chi connectivity index (χ0) is 14.1. The van der Waals surface area contributed by atoms with Crippen molar-refractivity contribution in [2.45, 2.75) is 39.0 Å². The van der Waals surface area contributed by atoms with E-state index in [1.807, 2.05) is 6.07 Å². The van der Waals surface area contributed by atoms with Gasteiger partial charge in [0.05, 0.1) is 24.3 Å². The van der Waals surface area contributed by atoms with E-state index in [4.69, 9.17) is 4.74 Å². The van der Waals surface area contributed by atoms with Crippen LogP contribution in [0.1, 0.15) is 26.1 Å². The van der Waals surface area contributed by atoms with Crippen LogP contribution in [-0.2, 0) is 11.3 Å². The van der Waals surface area contributed by atoms with Gasteiger partial charge in [0.15, 0.2) is 5.65 Å². The second-order valence-electron chi connectivity index (χ2n) is 5.38. The molecule has 3 heterocycles. The molecule has 2 aromatic heterocycles. The average Bonchev–Trinajstić information content (AvgIpc) is 2.79. The molecular weight excluding hydrogens is 320 g/mol. The Balaban J connectivity index is 1.75. The van der Waals surface area contributed by atoms with E-state index in [0.29, 0.717) is 6.10 Å². The third kappa shape index (κ3) is 3.02. The molecule has 2 atom stereocenters. The van der Waals surface area contributed by atoms with Crippen molar-refractivity contribution in [3.05, 3.63) is 22.6 Å². The van der Waals surface area contributed by atoms with Crippen LogP contribution in [-0.4, -0.2) is 45.1 Å². The van der Waals surface area contributed by atoms with Crippen LogP contribution in [0.5, 0.6) is 0 Å². The Morgan fingerprint density at radius 1 is 1.50 bits per heavy atom. The Hall–Kier alpha value is -0.980. The smallest absolute Gasteiger partial charge is 0.177 e. The summed E-state index contributed by atoms with van der Waals surface area (Å²) in [6, 6.07) is 2.01. The van der Waals surface area contributed by atoms with Gasteiger partial charge < -0.3 is 9.72 Å². The number of hydrogen-bond donors (Lipinski definition) is 1. The summed E-state index contributed by atoms with van der Waals surface area (Å²) in [7, 11) is 0. The van der Waals surface area contributed by atoms with Crippen molar-refractivity contribution >= 4 is 27.1 Å². The highest BCUT2D eigenvalue weighted by atomic mass is 79.9. The van der Waals surface area contributed by atoms with Gasteiger partial charge in [0.25, 0.3) is 0 Å². The van der Waals surface area contributed by atoms with Crippen LogP contribution < -0.4 is 0 Å². The number of pyridine rings is 1. The lowest BCUT2D eigenvalue weighted by atomic mass is 10.2. The number of ether oxygens (including phenoxy) is 1. The van der Waals surface area contributed by atoms with Gasteiger partial charge in [0.1, 0.15) is 5.82 Å². The van der Waals surface area contributed by atoms with Gasteiger partial charge in [0.2, 0.25) is 0 Å². The van der Waals surface area contributed by atoms with Gasteiger partial charge in [-0.05, 0) is 35.3 Å². The summed E-state index contributed by atoms with van der Waals surface area (Å²) in [5.74, 6) is 0.967. The Morgan fingerprint density at radius 2 is 2.35 bits per heavy atom. The van der Waals surface area contributed by atoms with E-state index in [9.17, 15) is 0 Å². The first kappa shape index (κ1) is 14.0. The highest BCUT2D eigenvalue weighted by Crippen LogP contribution is 2.18. The number of aromatic amines is 1. The molecule has 1 aliphatic rings. The normalized spacial score (nSPS) is 24.4. The second-order valence-corrected chi connectivity index (χ2v) is 6.29. The van der Waals surface area contributed by atoms with Crippen LogP contribution in [0.2, 0.25) is 0 Å². The molecule has 6 heteroatoms. The van der Waals surface area contributed by atoms with E-state index in [2.05, 4.69) is 49.6 Å². The molecule has 0 bridgehead atoms. The molecule has 5 nitrogen and oxygen atoms in total. The Labute approximate surface area is 126 Å². The van der Waals surface area contributed by atoms with Gasteiger partial charge in [-0.15, -0.1) is 0 Å². The van der Waals surface area contributed by atoms with Crippen LogP contribution in [0, 0.1) is 0 Å². The summed E-state index contributed by atoms with van der Waals surface area (Å²) in [6.07, 6.45) is 3.44. The number of halogens is 1. The highest BCUT2D eigenvalue weighted by molar-refractivity contribution is 9.10. The van der Waals surface area contributed by atoms with Gasteiger partial charge in [-0.3, -0.25) is 4.90 Å². The van der Waals surface area contributed by atoms with E-state index in [1.54, 1.807) is 6.20 Å². The number of hydrogen-bond acceptors (Lipinski definition) is 4. The zero-order valence-electron chi connectivity index (χ0n) is 11.8. The predicted molar refractivity (Wildman–Crippen MR) is 81.5 cm³/mol. The lowest BCUT2D eigenvalue weighted by Gasteiger charge is -2.35. The largest absolute Gasteiger partial charge is 0.373 e. The van der Waals surface area contributed by atoms with Crippen molar-refractivity contribution in [1.29, 1.82) is 0 Å². The Kier molecular flexibility index (Phi) is 4.05. The molecule has 0 radical (unpaired) electrons. The molecule has 0 amide bonds. The maximum atomic E-state index is 5.89. The number of aromatic nitrogens is 3. The van der Waals surface area contributed by atoms with E-state index in [0.717, 1.165) is 47.5 Å². The lowest BCUT2D eigenvalue weighted by molar-refractivity contribution is -0.0805. The summed E-state index contributed by atoms with van der Waals surface area (Å²) in [5, 5.41) is 0. The molecule has 108 valence electrons. The van der Waals surface area contributed by atoms with Gasteiger partial charge in [-0.1, -0.05) is 6.92 Å². The van der Waals surface area contributed by atoms with Crippen molar-refractivity contribution < 1.29 is 4.74 Å². The molecule has 0 aromatic carbocycles. The minimum atomic E-state index is 0.283. The standard InChI is InChI=1S/C14H19BrN4O/c1-3-11-7-19(6-9(2)20-11)8-13-17-12-4-10(15)5-16-14(12)18-13/h4-5,9,11H,3,6-8H2,1-2H3,(H,16,17,18). The number of nitrogens with one attached hydrogen (secondary N) is 1. The van der Waals surface area contributed by atoms with Crippen molar-refractivity contribution in [2.75, 3.05) is 13.1 Å². The SMILES string of the molecule is CCC1CN(Cc2nc3ncc(Br)cc3[nH]2)CC(C)O1. The molecule has 1 N–H and O–H groups in total. The molecule has 1 aliphatic heterocycles. The van der Waals surface area contributed by atoms with E-state index < -0.39 is 0 Å². The van der Waals surface area contributed by atoms with Crippen molar-refractivity contribution in [2.24, 2.45) is 0 Å². The van der Waals surface area contributed by atoms with Crippen molar-refractivity contribution in [3.8, 4) is 0 Å². The summed E-state index contributed by atoms with van der Waals surface area (Å²) in [5.41, 5.74) is 1.75. The number of H-pyrrole nitrogens is 1. The average molecular weight is 339 g/mol. The van der Waals surface area contributed by atoms with Crippen LogP contribution in [0.25, 0.3) is 11.2 Å². The second kappa shape index (κ2) is 5.79. The molecule has 1 fully saturated rings. The molecule has 3 rings (SSSR count). The third-order valence-electron chi connectivity index (χ3n) is 3.58. The Morgan fingerprint density at radius 3 is 3.15 bits per heavy atom. The van der Waals surface area contributed by atoms with Crippen molar-refractivity contribution in [3.63, 3.8) is 0 Å². The van der Waals surface area contributed by atoms with E-state index >= 15 is 0 Å². The molecule has 0 saturated carbocycles. The quantitative estimate of drug-likeness (QED) is 0.934. The predicted octanol–water partition coefficient (Wildman–Crippen LogP) is 2.72. The summed E-state index contributed by atoms with van der Waals surface area (Å²) >= 11 is 3.43. The first-order chi connectivity index (χ1) is 9.64. The molecule has 2 aromatic rings. The maximum absolute atomic E-state index is 5.89. The van der Waals surface area contributed by atoms with Gasteiger partial charge in [0, 0.05) is 23.8 Å². The molecule has 20 heavy (non-hydrogen) atoms. The fourth-order valence-corrected chi connectivity index (χ4v) is 3.04. The number of fused-ring (bicyclic) bond motifs is 1. The van der Waals surface area contributed by atoms with Gasteiger partial charge in [-0.2, -0.15) is 0 Å². The zero-order valence-corrected chi connectivity index (χ0v) is 13.4. The topological polar surface area (TPSA) is 54.0 Å². The van der Waals surface area contributed by atoms with Crippen LogP contribution in [0.3, 0.4) is 0 Å². The molecule has 0 spiro atoms. The fraction of sp³-hybridized carbons (Fsp3) is 0.571. The van der Waals surface area contributed by atoms with E-state index in [-0.39, 0.29) is 6.10 Å². The van der Waals surface area contributed by atoms with Gasteiger partial charge >= 0.3 is 0 Å².